The first-order chi connectivity index (χ1) is 7.55. The van der Waals surface area contributed by atoms with Gasteiger partial charge in [-0.15, -0.1) is 0 Å². The second kappa shape index (κ2) is 4.82. The lowest BCUT2D eigenvalue weighted by Crippen LogP contribution is -2.62. The maximum absolute atomic E-state index is 11.5. The van der Waals surface area contributed by atoms with Gasteiger partial charge in [-0.3, -0.25) is 4.90 Å². The minimum Gasteiger partial charge on any atom is -0.444 e. The molecule has 0 aromatic heterocycles. The van der Waals surface area contributed by atoms with E-state index in [1.54, 1.807) is 13.8 Å². The average Bonchev–Trinajstić information content (AvgIpc) is 1.93. The molecule has 2 N–H and O–H groups in total. The first-order valence-electron chi connectivity index (χ1n) is 5.99. The van der Waals surface area contributed by atoms with Crippen molar-refractivity contribution in [3.8, 4) is 0 Å². The summed E-state index contributed by atoms with van der Waals surface area (Å²) in [6.45, 7) is 11.2. The third-order valence-electron chi connectivity index (χ3n) is 2.29. The van der Waals surface area contributed by atoms with Crippen molar-refractivity contribution in [2.45, 2.75) is 51.9 Å². The quantitative estimate of drug-likeness (QED) is 0.776. The van der Waals surface area contributed by atoms with Gasteiger partial charge in [0, 0.05) is 19.6 Å². The molecule has 0 spiro atoms. The molecule has 0 aliphatic carbocycles. The number of carbonyl (C=O) groups is 1. The van der Waals surface area contributed by atoms with Gasteiger partial charge in [-0.25, -0.2) is 4.79 Å². The lowest BCUT2D eigenvalue weighted by atomic mass is 10.0. The molecule has 1 fully saturated rings. The highest BCUT2D eigenvalue weighted by atomic mass is 16.6. The second-order valence-electron chi connectivity index (χ2n) is 6.35. The maximum atomic E-state index is 11.5. The van der Waals surface area contributed by atoms with Crippen LogP contribution >= 0.6 is 0 Å². The lowest BCUT2D eigenvalue weighted by molar-refractivity contribution is -0.00150. The Hall–Kier alpha value is -0.810. The summed E-state index contributed by atoms with van der Waals surface area (Å²) >= 11 is 0. The minimum atomic E-state index is -0.684. The number of likely N-dealkylation sites (tertiary alicyclic amines) is 1. The zero-order chi connectivity index (χ0) is 13.3. The van der Waals surface area contributed by atoms with E-state index in [1.807, 2.05) is 20.8 Å². The molecule has 0 saturated carbocycles. The molecule has 0 aromatic carbocycles. The first kappa shape index (κ1) is 14.3. The van der Waals surface area contributed by atoms with E-state index in [1.165, 1.54) is 0 Å². The van der Waals surface area contributed by atoms with Gasteiger partial charge in [-0.1, -0.05) is 0 Å². The molecule has 1 rings (SSSR count). The van der Waals surface area contributed by atoms with Crippen molar-refractivity contribution in [2.75, 3.05) is 19.6 Å². The van der Waals surface area contributed by atoms with Gasteiger partial charge in [0.15, 0.2) is 0 Å². The number of nitrogens with zero attached hydrogens (tertiary/aromatic N) is 1. The summed E-state index contributed by atoms with van der Waals surface area (Å²) in [4.78, 5) is 13.6. The molecule has 0 unspecified atom stereocenters. The van der Waals surface area contributed by atoms with Gasteiger partial charge in [-0.05, 0) is 34.6 Å². The fraction of sp³-hybridized carbons (Fsp3) is 0.917. The summed E-state index contributed by atoms with van der Waals surface area (Å²) in [5.74, 6) is 0. The van der Waals surface area contributed by atoms with E-state index in [9.17, 15) is 9.90 Å². The van der Waals surface area contributed by atoms with Crippen molar-refractivity contribution >= 4 is 6.09 Å². The zero-order valence-electron chi connectivity index (χ0n) is 11.4. The Balaban J connectivity index is 2.19. The SMILES string of the molecule is CC(C)(O)CN1CC(NC(=O)OC(C)(C)C)C1. The molecule has 5 nitrogen and oxygen atoms in total. The van der Waals surface area contributed by atoms with E-state index in [0.29, 0.717) is 6.54 Å². The highest BCUT2D eigenvalue weighted by Crippen LogP contribution is 2.14. The number of rotatable bonds is 3. The van der Waals surface area contributed by atoms with Crippen LogP contribution in [0.4, 0.5) is 4.79 Å². The van der Waals surface area contributed by atoms with E-state index < -0.39 is 11.2 Å². The number of aliphatic hydroxyl groups is 1. The highest BCUT2D eigenvalue weighted by Gasteiger charge is 2.32. The van der Waals surface area contributed by atoms with Gasteiger partial charge in [0.25, 0.3) is 0 Å². The Kier molecular flexibility index (Phi) is 4.04. The summed E-state index contributed by atoms with van der Waals surface area (Å²) in [7, 11) is 0. The van der Waals surface area contributed by atoms with E-state index in [4.69, 9.17) is 4.74 Å². The fourth-order valence-corrected chi connectivity index (χ4v) is 1.81. The molecule has 1 saturated heterocycles. The summed E-state index contributed by atoms with van der Waals surface area (Å²) in [5, 5.41) is 12.4. The molecule has 0 radical (unpaired) electrons. The number of nitrogens with one attached hydrogen (secondary N) is 1. The van der Waals surface area contributed by atoms with Crippen LogP contribution in [0.2, 0.25) is 0 Å². The van der Waals surface area contributed by atoms with Crippen LogP contribution in [0.5, 0.6) is 0 Å². The topological polar surface area (TPSA) is 61.8 Å². The Morgan fingerprint density at radius 1 is 1.35 bits per heavy atom. The Morgan fingerprint density at radius 3 is 2.29 bits per heavy atom. The second-order valence-corrected chi connectivity index (χ2v) is 6.35. The van der Waals surface area contributed by atoms with Crippen molar-refractivity contribution in [3.63, 3.8) is 0 Å². The van der Waals surface area contributed by atoms with Gasteiger partial charge in [0.05, 0.1) is 11.6 Å². The molecular weight excluding hydrogens is 220 g/mol. The van der Waals surface area contributed by atoms with Gasteiger partial charge >= 0.3 is 6.09 Å². The average molecular weight is 244 g/mol. The van der Waals surface area contributed by atoms with Crippen LogP contribution in [0.3, 0.4) is 0 Å². The van der Waals surface area contributed by atoms with Crippen LogP contribution in [0.1, 0.15) is 34.6 Å². The van der Waals surface area contributed by atoms with Crippen LogP contribution in [0, 0.1) is 0 Å². The number of alkyl carbamates (subject to hydrolysis) is 1. The lowest BCUT2D eigenvalue weighted by Gasteiger charge is -2.42. The van der Waals surface area contributed by atoms with Gasteiger partial charge in [0.1, 0.15) is 5.60 Å². The van der Waals surface area contributed by atoms with Gasteiger partial charge < -0.3 is 15.2 Å². The zero-order valence-corrected chi connectivity index (χ0v) is 11.4. The van der Waals surface area contributed by atoms with Crippen LogP contribution in [-0.4, -0.2) is 53.0 Å². The summed E-state index contributed by atoms with van der Waals surface area (Å²) in [5.41, 5.74) is -1.14. The molecule has 17 heavy (non-hydrogen) atoms. The minimum absolute atomic E-state index is 0.132. The predicted molar refractivity (Wildman–Crippen MR) is 65.9 cm³/mol. The largest absolute Gasteiger partial charge is 0.444 e. The molecule has 1 amide bonds. The van der Waals surface area contributed by atoms with E-state index in [-0.39, 0.29) is 12.1 Å². The molecular formula is C12H24N2O3. The third-order valence-corrected chi connectivity index (χ3v) is 2.29. The van der Waals surface area contributed by atoms with E-state index >= 15 is 0 Å². The standard InChI is InChI=1S/C12H24N2O3/c1-11(2,3)17-10(15)13-9-6-14(7-9)8-12(4,5)16/h9,16H,6-8H2,1-5H3,(H,13,15). The smallest absolute Gasteiger partial charge is 0.407 e. The van der Waals surface area contributed by atoms with Crippen LogP contribution in [0.15, 0.2) is 0 Å². The normalized spacial score (nSPS) is 18.7. The molecule has 1 heterocycles. The van der Waals surface area contributed by atoms with Crippen molar-refractivity contribution in [2.24, 2.45) is 0 Å². The molecule has 0 atom stereocenters. The Morgan fingerprint density at radius 2 is 1.88 bits per heavy atom. The summed E-state index contributed by atoms with van der Waals surface area (Å²) in [6.07, 6.45) is -0.370. The predicted octanol–water partition coefficient (Wildman–Crippen LogP) is 0.966. The van der Waals surface area contributed by atoms with Crippen molar-refractivity contribution in [1.29, 1.82) is 0 Å². The van der Waals surface area contributed by atoms with Gasteiger partial charge in [0.2, 0.25) is 0 Å². The highest BCUT2D eigenvalue weighted by molar-refractivity contribution is 5.68. The fourth-order valence-electron chi connectivity index (χ4n) is 1.81. The van der Waals surface area contributed by atoms with E-state index in [0.717, 1.165) is 13.1 Å². The molecule has 0 aromatic rings. The molecule has 1 aliphatic rings. The van der Waals surface area contributed by atoms with Crippen LogP contribution < -0.4 is 5.32 Å². The maximum Gasteiger partial charge on any atom is 0.407 e. The molecule has 0 bridgehead atoms. The van der Waals surface area contributed by atoms with Crippen molar-refractivity contribution in [3.05, 3.63) is 0 Å². The van der Waals surface area contributed by atoms with Crippen LogP contribution in [-0.2, 0) is 4.74 Å². The number of ether oxygens (including phenoxy) is 1. The van der Waals surface area contributed by atoms with Crippen molar-refractivity contribution in [1.82, 2.24) is 10.2 Å². The Bertz CT molecular complexity index is 272. The first-order valence-corrected chi connectivity index (χ1v) is 5.99. The van der Waals surface area contributed by atoms with Gasteiger partial charge in [-0.2, -0.15) is 0 Å². The summed E-state index contributed by atoms with van der Waals surface area (Å²) in [6, 6.07) is 0.132. The third kappa shape index (κ3) is 5.89. The number of hydrogen-bond donors (Lipinski definition) is 2. The van der Waals surface area contributed by atoms with Crippen LogP contribution in [0.25, 0.3) is 0 Å². The van der Waals surface area contributed by atoms with E-state index in [2.05, 4.69) is 10.2 Å². The number of β-amino-alcohol motifs (C(OH)–C–C–N with tert-alkyl or cyclic N) is 1. The molecule has 5 heteroatoms. The molecule has 1 aliphatic heterocycles. The monoisotopic (exact) mass is 244 g/mol. The number of carbonyl (C=O) groups excluding carboxylic acids is 1. The molecule has 100 valence electrons. The van der Waals surface area contributed by atoms with Crippen molar-refractivity contribution < 1.29 is 14.6 Å². The summed E-state index contributed by atoms with van der Waals surface area (Å²) < 4.78 is 5.16. The number of hydrogen-bond acceptors (Lipinski definition) is 4. The number of amides is 1. The Labute approximate surface area is 103 Å².